The summed E-state index contributed by atoms with van der Waals surface area (Å²) in [6.45, 7) is 3.24. The maximum absolute atomic E-state index is 13.9. The summed E-state index contributed by atoms with van der Waals surface area (Å²) in [6, 6.07) is 6.58. The Morgan fingerprint density at radius 1 is 0.842 bits per heavy atom. The lowest BCUT2D eigenvalue weighted by atomic mass is 9.99. The first-order chi connectivity index (χ1) is 8.90. The third-order valence-electron chi connectivity index (χ3n) is 3.06. The van der Waals surface area contributed by atoms with E-state index >= 15 is 0 Å². The lowest BCUT2D eigenvalue weighted by molar-refractivity contribution is 0.581. The molecule has 2 aromatic carbocycles. The van der Waals surface area contributed by atoms with Crippen LogP contribution >= 0.6 is 15.9 Å². The molecule has 0 aliphatic rings. The Morgan fingerprint density at radius 3 is 2.16 bits per heavy atom. The maximum Gasteiger partial charge on any atom is 0.128 e. The van der Waals surface area contributed by atoms with Gasteiger partial charge in [-0.15, -0.1) is 0 Å². The molecule has 0 N–H and O–H groups in total. The van der Waals surface area contributed by atoms with Gasteiger partial charge in [-0.25, -0.2) is 13.2 Å². The van der Waals surface area contributed by atoms with E-state index in [0.717, 1.165) is 6.07 Å². The van der Waals surface area contributed by atoms with E-state index in [1.54, 1.807) is 13.0 Å². The van der Waals surface area contributed by atoms with Crippen molar-refractivity contribution in [2.24, 2.45) is 0 Å². The van der Waals surface area contributed by atoms with Gasteiger partial charge in [0.25, 0.3) is 0 Å². The van der Waals surface area contributed by atoms with Gasteiger partial charge in [0.1, 0.15) is 17.5 Å². The van der Waals surface area contributed by atoms with Crippen LogP contribution in [-0.2, 0) is 0 Å². The van der Waals surface area contributed by atoms with Crippen LogP contribution in [0.3, 0.4) is 0 Å². The number of hydrogen-bond acceptors (Lipinski definition) is 0. The van der Waals surface area contributed by atoms with Gasteiger partial charge in [0.15, 0.2) is 0 Å². The Bertz CT molecular complexity index is 623. The molecule has 4 heteroatoms. The predicted molar refractivity (Wildman–Crippen MR) is 73.0 cm³/mol. The molecule has 0 saturated carbocycles. The molecule has 0 saturated heterocycles. The van der Waals surface area contributed by atoms with Gasteiger partial charge >= 0.3 is 0 Å². The van der Waals surface area contributed by atoms with Crippen LogP contribution in [0.4, 0.5) is 13.2 Å². The Morgan fingerprint density at radius 2 is 1.53 bits per heavy atom. The zero-order chi connectivity index (χ0) is 14.2. The van der Waals surface area contributed by atoms with E-state index in [2.05, 4.69) is 15.9 Å². The largest absolute Gasteiger partial charge is 0.207 e. The highest BCUT2D eigenvalue weighted by Gasteiger charge is 2.18. The van der Waals surface area contributed by atoms with Crippen LogP contribution in [0.2, 0.25) is 0 Å². The molecule has 1 atom stereocenters. The summed E-state index contributed by atoms with van der Waals surface area (Å²) in [6.07, 6.45) is 0. The van der Waals surface area contributed by atoms with Gasteiger partial charge in [-0.2, -0.15) is 0 Å². The highest BCUT2D eigenvalue weighted by Crippen LogP contribution is 2.35. The molecular weight excluding hydrogens is 317 g/mol. The fourth-order valence-corrected chi connectivity index (χ4v) is 2.81. The van der Waals surface area contributed by atoms with Crippen molar-refractivity contribution < 1.29 is 13.2 Å². The third kappa shape index (κ3) is 2.84. The smallest absolute Gasteiger partial charge is 0.128 e. The molecule has 0 heterocycles. The molecule has 2 aromatic rings. The zero-order valence-electron chi connectivity index (χ0n) is 10.5. The molecular formula is C15H12BrF3. The molecule has 100 valence electrons. The van der Waals surface area contributed by atoms with E-state index in [0.29, 0.717) is 11.1 Å². The van der Waals surface area contributed by atoms with E-state index in [-0.39, 0.29) is 16.9 Å². The average molecular weight is 329 g/mol. The van der Waals surface area contributed by atoms with Crippen LogP contribution in [0.15, 0.2) is 30.3 Å². The minimum absolute atomic E-state index is 0.206. The van der Waals surface area contributed by atoms with Crippen molar-refractivity contribution >= 4 is 15.9 Å². The molecule has 19 heavy (non-hydrogen) atoms. The van der Waals surface area contributed by atoms with Crippen molar-refractivity contribution in [1.29, 1.82) is 0 Å². The number of benzene rings is 2. The van der Waals surface area contributed by atoms with E-state index in [4.69, 9.17) is 0 Å². The summed E-state index contributed by atoms with van der Waals surface area (Å²) in [5.74, 6) is -1.29. The summed E-state index contributed by atoms with van der Waals surface area (Å²) in [4.78, 5) is -0.511. The topological polar surface area (TPSA) is 0 Å². The third-order valence-corrected chi connectivity index (χ3v) is 4.04. The highest BCUT2D eigenvalue weighted by atomic mass is 79.9. The lowest BCUT2D eigenvalue weighted by Gasteiger charge is -2.15. The number of aryl methyl sites for hydroxylation is 2. The lowest BCUT2D eigenvalue weighted by Crippen LogP contribution is -2.01. The van der Waals surface area contributed by atoms with Gasteiger partial charge in [-0.3, -0.25) is 0 Å². The Kier molecular flexibility index (Phi) is 3.99. The molecule has 0 aliphatic carbocycles. The fraction of sp³-hybridized carbons (Fsp3) is 0.200. The van der Waals surface area contributed by atoms with Crippen LogP contribution in [0.25, 0.3) is 0 Å². The molecule has 0 bridgehead atoms. The van der Waals surface area contributed by atoms with Crippen molar-refractivity contribution in [3.05, 3.63) is 70.0 Å². The molecule has 0 amide bonds. The van der Waals surface area contributed by atoms with Crippen molar-refractivity contribution in [2.45, 2.75) is 18.7 Å². The van der Waals surface area contributed by atoms with Gasteiger partial charge in [-0.1, -0.05) is 22.0 Å². The number of rotatable bonds is 2. The van der Waals surface area contributed by atoms with Gasteiger partial charge in [-0.05, 0) is 54.8 Å². The van der Waals surface area contributed by atoms with Crippen LogP contribution < -0.4 is 0 Å². The summed E-state index contributed by atoms with van der Waals surface area (Å²) in [7, 11) is 0. The monoisotopic (exact) mass is 328 g/mol. The second-order valence-corrected chi connectivity index (χ2v) is 5.40. The van der Waals surface area contributed by atoms with Crippen molar-refractivity contribution in [1.82, 2.24) is 0 Å². The summed E-state index contributed by atoms with van der Waals surface area (Å²) in [5, 5.41) is 0. The van der Waals surface area contributed by atoms with Gasteiger partial charge in [0.05, 0.1) is 4.83 Å². The van der Waals surface area contributed by atoms with Crippen molar-refractivity contribution in [3.8, 4) is 0 Å². The van der Waals surface area contributed by atoms with Crippen LogP contribution in [0.5, 0.6) is 0 Å². The molecule has 0 aliphatic heterocycles. The van der Waals surface area contributed by atoms with E-state index < -0.39 is 16.5 Å². The normalized spacial score (nSPS) is 12.5. The predicted octanol–water partition coefficient (Wildman–Crippen LogP) is 5.21. The fourth-order valence-electron chi connectivity index (χ4n) is 1.95. The van der Waals surface area contributed by atoms with Gasteiger partial charge in [0, 0.05) is 5.56 Å². The SMILES string of the molecule is Cc1cc(F)c(C(Br)c2ccc(F)cc2C)cc1F. The number of hydrogen-bond donors (Lipinski definition) is 0. The summed E-state index contributed by atoms with van der Waals surface area (Å²) >= 11 is 3.35. The molecule has 0 spiro atoms. The Labute approximate surface area is 118 Å². The van der Waals surface area contributed by atoms with Crippen LogP contribution in [-0.4, -0.2) is 0 Å². The highest BCUT2D eigenvalue weighted by molar-refractivity contribution is 9.09. The summed E-state index contributed by atoms with van der Waals surface area (Å²) < 4.78 is 40.5. The summed E-state index contributed by atoms with van der Waals surface area (Å²) in [5.41, 5.74) is 1.86. The van der Waals surface area contributed by atoms with Gasteiger partial charge in [0.2, 0.25) is 0 Å². The van der Waals surface area contributed by atoms with E-state index in [1.165, 1.54) is 25.1 Å². The number of alkyl halides is 1. The first-order valence-corrected chi connectivity index (χ1v) is 6.67. The molecule has 0 nitrogen and oxygen atoms in total. The average Bonchev–Trinajstić information content (AvgIpc) is 2.33. The zero-order valence-corrected chi connectivity index (χ0v) is 12.1. The second-order valence-electron chi connectivity index (χ2n) is 4.49. The number of halogens is 4. The van der Waals surface area contributed by atoms with Gasteiger partial charge < -0.3 is 0 Å². The van der Waals surface area contributed by atoms with Crippen molar-refractivity contribution in [2.75, 3.05) is 0 Å². The first-order valence-electron chi connectivity index (χ1n) is 5.76. The quantitative estimate of drug-likeness (QED) is 0.664. The van der Waals surface area contributed by atoms with E-state index in [1.807, 2.05) is 0 Å². The van der Waals surface area contributed by atoms with Crippen LogP contribution in [0, 0.1) is 31.3 Å². The Balaban J connectivity index is 2.49. The Hall–Kier alpha value is -1.29. The minimum atomic E-state index is -0.511. The molecule has 0 fully saturated rings. The molecule has 1 unspecified atom stereocenters. The van der Waals surface area contributed by atoms with Crippen molar-refractivity contribution in [3.63, 3.8) is 0 Å². The molecule has 0 aromatic heterocycles. The van der Waals surface area contributed by atoms with Crippen LogP contribution in [0.1, 0.15) is 27.1 Å². The molecule has 2 rings (SSSR count). The first kappa shape index (κ1) is 14.1. The maximum atomic E-state index is 13.9. The standard InChI is InChI=1S/C15H12BrF3/c1-8-5-10(17)3-4-11(8)15(16)12-7-13(18)9(2)6-14(12)19/h3-7,15H,1-2H3. The van der Waals surface area contributed by atoms with E-state index in [9.17, 15) is 13.2 Å². The minimum Gasteiger partial charge on any atom is -0.207 e. The molecule has 0 radical (unpaired) electrons. The second kappa shape index (κ2) is 5.37.